The van der Waals surface area contributed by atoms with Gasteiger partial charge in [-0.05, 0) is 23.6 Å². The van der Waals surface area contributed by atoms with Crippen molar-refractivity contribution in [3.05, 3.63) is 45.8 Å². The smallest absolute Gasteiger partial charge is 0.416 e. The van der Waals surface area contributed by atoms with Crippen LogP contribution in [0.15, 0.2) is 29.4 Å². The third-order valence-corrected chi connectivity index (χ3v) is 2.35. The first-order chi connectivity index (χ1) is 8.82. The van der Waals surface area contributed by atoms with Gasteiger partial charge in [0.15, 0.2) is 0 Å². The van der Waals surface area contributed by atoms with Gasteiger partial charge in [-0.3, -0.25) is 4.79 Å². The number of carbonyl (C=O) groups is 1. The minimum absolute atomic E-state index is 0.0553. The second-order valence-electron chi connectivity index (χ2n) is 3.86. The van der Waals surface area contributed by atoms with E-state index in [4.69, 9.17) is 10.6 Å². The molecule has 0 aliphatic rings. The zero-order valence-electron chi connectivity index (χ0n) is 9.63. The predicted molar refractivity (Wildman–Crippen MR) is 60.3 cm³/mol. The maximum Gasteiger partial charge on any atom is 0.416 e. The normalized spacial score (nSPS) is 12.6. The summed E-state index contributed by atoms with van der Waals surface area (Å²) in [7, 11) is 0. The van der Waals surface area contributed by atoms with Crippen molar-refractivity contribution < 1.29 is 23.1 Å². The SMILES string of the molecule is [N-]=[N+]=NC(CC(=O)O)Cc1cccc(C(F)(F)F)c1. The second kappa shape index (κ2) is 6.10. The molecule has 1 aromatic rings. The van der Waals surface area contributed by atoms with Gasteiger partial charge < -0.3 is 5.11 Å². The van der Waals surface area contributed by atoms with E-state index in [-0.39, 0.29) is 12.0 Å². The second-order valence-corrected chi connectivity index (χ2v) is 3.86. The highest BCUT2D eigenvalue weighted by Gasteiger charge is 2.30. The Morgan fingerprint density at radius 1 is 1.47 bits per heavy atom. The molecule has 0 aliphatic carbocycles. The van der Waals surface area contributed by atoms with Crippen molar-refractivity contribution in [3.8, 4) is 0 Å². The third-order valence-electron chi connectivity index (χ3n) is 2.35. The first kappa shape index (κ1) is 14.8. The molecule has 5 nitrogen and oxygen atoms in total. The molecule has 0 amide bonds. The summed E-state index contributed by atoms with van der Waals surface area (Å²) in [5.74, 6) is -1.18. The number of rotatable bonds is 5. The van der Waals surface area contributed by atoms with E-state index in [1.807, 2.05) is 0 Å². The van der Waals surface area contributed by atoms with Gasteiger partial charge in [-0.2, -0.15) is 13.2 Å². The Bertz CT molecular complexity index is 510. The fourth-order valence-electron chi connectivity index (χ4n) is 1.58. The lowest BCUT2D eigenvalue weighted by molar-refractivity contribution is -0.138. The Labute approximate surface area is 106 Å². The van der Waals surface area contributed by atoms with Crippen molar-refractivity contribution in [2.24, 2.45) is 5.11 Å². The van der Waals surface area contributed by atoms with Crippen LogP contribution in [-0.4, -0.2) is 17.1 Å². The highest BCUT2D eigenvalue weighted by molar-refractivity contribution is 5.67. The molecule has 1 unspecified atom stereocenters. The molecule has 0 heterocycles. The van der Waals surface area contributed by atoms with Gasteiger partial charge >= 0.3 is 12.1 Å². The number of hydrogen-bond acceptors (Lipinski definition) is 2. The van der Waals surface area contributed by atoms with Crippen LogP contribution in [0.1, 0.15) is 17.5 Å². The molecule has 1 aromatic carbocycles. The average molecular weight is 273 g/mol. The van der Waals surface area contributed by atoms with Crippen molar-refractivity contribution >= 4 is 5.97 Å². The molecule has 8 heteroatoms. The van der Waals surface area contributed by atoms with E-state index in [1.165, 1.54) is 12.1 Å². The van der Waals surface area contributed by atoms with Crippen LogP contribution in [0.3, 0.4) is 0 Å². The van der Waals surface area contributed by atoms with Crippen molar-refractivity contribution in [1.82, 2.24) is 0 Å². The number of benzene rings is 1. The summed E-state index contributed by atoms with van der Waals surface area (Å²) >= 11 is 0. The van der Waals surface area contributed by atoms with Crippen LogP contribution in [0.5, 0.6) is 0 Å². The van der Waals surface area contributed by atoms with Crippen LogP contribution in [0.25, 0.3) is 10.4 Å². The van der Waals surface area contributed by atoms with E-state index in [0.29, 0.717) is 0 Å². The standard InChI is InChI=1S/C11H10F3N3O2/c12-11(13,14)8-3-1-2-7(4-8)5-9(16-17-15)6-10(18)19/h1-4,9H,5-6H2,(H,18,19). The number of carboxylic acid groups (broad SMARTS) is 1. The van der Waals surface area contributed by atoms with Crippen molar-refractivity contribution in [1.29, 1.82) is 0 Å². The highest BCUT2D eigenvalue weighted by Crippen LogP contribution is 2.29. The number of alkyl halides is 3. The van der Waals surface area contributed by atoms with E-state index in [2.05, 4.69) is 10.0 Å². The third kappa shape index (κ3) is 4.89. The monoisotopic (exact) mass is 273 g/mol. The summed E-state index contributed by atoms with van der Waals surface area (Å²) in [5.41, 5.74) is 7.75. The Kier molecular flexibility index (Phi) is 4.77. The van der Waals surface area contributed by atoms with Crippen molar-refractivity contribution in [2.45, 2.75) is 25.1 Å². The molecule has 0 saturated carbocycles. The van der Waals surface area contributed by atoms with E-state index < -0.39 is 30.2 Å². The molecular formula is C11H10F3N3O2. The van der Waals surface area contributed by atoms with Gasteiger partial charge in [0, 0.05) is 4.91 Å². The van der Waals surface area contributed by atoms with E-state index in [0.717, 1.165) is 12.1 Å². The lowest BCUT2D eigenvalue weighted by atomic mass is 10.0. The summed E-state index contributed by atoms with van der Waals surface area (Å²) in [6.07, 6.45) is -4.95. The molecule has 1 atom stereocenters. The average Bonchev–Trinajstić information content (AvgIpc) is 2.27. The summed E-state index contributed by atoms with van der Waals surface area (Å²) in [5, 5.41) is 11.9. The fraction of sp³-hybridized carbons (Fsp3) is 0.364. The number of aliphatic carboxylic acids is 1. The van der Waals surface area contributed by atoms with Crippen LogP contribution in [0.4, 0.5) is 13.2 Å². The summed E-state index contributed by atoms with van der Waals surface area (Å²) in [6, 6.07) is 3.58. The summed E-state index contributed by atoms with van der Waals surface area (Å²) in [6.45, 7) is 0. The molecule has 0 bridgehead atoms. The molecule has 0 aliphatic heterocycles. The maximum absolute atomic E-state index is 12.5. The zero-order chi connectivity index (χ0) is 14.5. The number of halogens is 3. The van der Waals surface area contributed by atoms with Crippen LogP contribution in [0, 0.1) is 0 Å². The molecule has 1 N–H and O–H groups in total. The van der Waals surface area contributed by atoms with Crippen LogP contribution in [-0.2, 0) is 17.4 Å². The first-order valence-corrected chi connectivity index (χ1v) is 5.25. The number of azide groups is 1. The summed E-state index contributed by atoms with van der Waals surface area (Å²) < 4.78 is 37.5. The molecule has 0 spiro atoms. The van der Waals surface area contributed by atoms with Gasteiger partial charge in [-0.1, -0.05) is 23.3 Å². The van der Waals surface area contributed by atoms with Crippen LogP contribution in [0.2, 0.25) is 0 Å². The molecule has 0 saturated heterocycles. The Morgan fingerprint density at radius 3 is 2.68 bits per heavy atom. The number of carboxylic acids is 1. The topological polar surface area (TPSA) is 86.1 Å². The van der Waals surface area contributed by atoms with E-state index >= 15 is 0 Å². The molecule has 0 fully saturated rings. The molecule has 19 heavy (non-hydrogen) atoms. The molecular weight excluding hydrogens is 263 g/mol. The lowest BCUT2D eigenvalue weighted by Gasteiger charge is -2.11. The Balaban J connectivity index is 2.91. The Hall–Kier alpha value is -2.21. The molecule has 0 radical (unpaired) electrons. The maximum atomic E-state index is 12.5. The van der Waals surface area contributed by atoms with Crippen LogP contribution >= 0.6 is 0 Å². The Morgan fingerprint density at radius 2 is 2.16 bits per heavy atom. The van der Waals surface area contributed by atoms with Gasteiger partial charge in [0.05, 0.1) is 18.0 Å². The van der Waals surface area contributed by atoms with Gasteiger partial charge in [0.1, 0.15) is 0 Å². The van der Waals surface area contributed by atoms with Gasteiger partial charge in [0.2, 0.25) is 0 Å². The first-order valence-electron chi connectivity index (χ1n) is 5.25. The minimum atomic E-state index is -4.46. The molecule has 0 aromatic heterocycles. The highest BCUT2D eigenvalue weighted by atomic mass is 19.4. The van der Waals surface area contributed by atoms with Gasteiger partial charge in [-0.25, -0.2) is 0 Å². The number of hydrogen-bond donors (Lipinski definition) is 1. The minimum Gasteiger partial charge on any atom is -0.481 e. The van der Waals surface area contributed by atoms with Crippen molar-refractivity contribution in [2.75, 3.05) is 0 Å². The lowest BCUT2D eigenvalue weighted by Crippen LogP contribution is -2.14. The van der Waals surface area contributed by atoms with Crippen molar-refractivity contribution in [3.63, 3.8) is 0 Å². The quantitative estimate of drug-likeness (QED) is 0.506. The molecule has 1 rings (SSSR count). The fourth-order valence-corrected chi connectivity index (χ4v) is 1.58. The zero-order valence-corrected chi connectivity index (χ0v) is 9.63. The van der Waals surface area contributed by atoms with Gasteiger partial charge in [-0.15, -0.1) is 0 Å². The number of nitrogens with zero attached hydrogens (tertiary/aromatic N) is 3. The van der Waals surface area contributed by atoms with Crippen LogP contribution < -0.4 is 0 Å². The molecule has 102 valence electrons. The largest absolute Gasteiger partial charge is 0.481 e. The van der Waals surface area contributed by atoms with Gasteiger partial charge in [0.25, 0.3) is 0 Å². The van der Waals surface area contributed by atoms with E-state index in [9.17, 15) is 18.0 Å². The summed E-state index contributed by atoms with van der Waals surface area (Å²) in [4.78, 5) is 13.0. The van der Waals surface area contributed by atoms with E-state index in [1.54, 1.807) is 0 Å². The predicted octanol–water partition coefficient (Wildman–Crippen LogP) is 3.40.